The first-order valence-electron chi connectivity index (χ1n) is 5.31. The van der Waals surface area contributed by atoms with Crippen molar-refractivity contribution in [2.75, 3.05) is 5.33 Å². The lowest BCUT2D eigenvalue weighted by atomic mass is 10.1. The van der Waals surface area contributed by atoms with Crippen LogP contribution in [0.25, 0.3) is 0 Å². The summed E-state index contributed by atoms with van der Waals surface area (Å²) >= 11 is 8.93. The Hall–Kier alpha value is -1.32. The molecule has 4 heteroatoms. The van der Waals surface area contributed by atoms with Crippen LogP contribution in [-0.2, 0) is 0 Å². The van der Waals surface area contributed by atoms with Gasteiger partial charge in [0.1, 0.15) is 11.5 Å². The molecule has 0 atom stereocenters. The van der Waals surface area contributed by atoms with E-state index in [4.69, 9.17) is 16.3 Å². The van der Waals surface area contributed by atoms with E-state index in [1.165, 1.54) is 0 Å². The van der Waals surface area contributed by atoms with Crippen LogP contribution < -0.4 is 4.74 Å². The fraction of sp³-hybridized carbons (Fsp3) is 0.0714. The molecule has 2 nitrogen and oxygen atoms in total. The summed E-state index contributed by atoms with van der Waals surface area (Å²) in [6.45, 7) is 0. The minimum atomic E-state index is 0.0491. The first kappa shape index (κ1) is 13.1. The van der Waals surface area contributed by atoms with Crippen LogP contribution in [0.1, 0.15) is 10.4 Å². The summed E-state index contributed by atoms with van der Waals surface area (Å²) < 4.78 is 5.62. The molecule has 0 radical (unpaired) electrons. The van der Waals surface area contributed by atoms with Crippen LogP contribution >= 0.6 is 27.5 Å². The van der Waals surface area contributed by atoms with Crippen molar-refractivity contribution >= 4 is 33.3 Å². The lowest BCUT2D eigenvalue weighted by Gasteiger charge is -2.06. The number of alkyl halides is 1. The maximum Gasteiger partial charge on any atom is 0.173 e. The molecule has 0 saturated carbocycles. The van der Waals surface area contributed by atoms with Crippen molar-refractivity contribution in [3.05, 3.63) is 59.1 Å². The molecular formula is C14H10BrClO2. The number of Topliss-reactive ketones (excluding diaryl/α,β-unsaturated/α-hetero) is 1. The first-order valence-corrected chi connectivity index (χ1v) is 6.81. The van der Waals surface area contributed by atoms with Crippen LogP contribution in [0.2, 0.25) is 5.02 Å². The molecule has 18 heavy (non-hydrogen) atoms. The van der Waals surface area contributed by atoms with Crippen LogP contribution in [-0.4, -0.2) is 11.1 Å². The van der Waals surface area contributed by atoms with Gasteiger partial charge in [0.15, 0.2) is 5.78 Å². The van der Waals surface area contributed by atoms with Gasteiger partial charge < -0.3 is 4.74 Å². The molecule has 0 aliphatic carbocycles. The summed E-state index contributed by atoms with van der Waals surface area (Å²) in [4.78, 5) is 11.4. The van der Waals surface area contributed by atoms with Gasteiger partial charge in [-0.2, -0.15) is 0 Å². The zero-order valence-electron chi connectivity index (χ0n) is 9.40. The minimum Gasteiger partial charge on any atom is -0.457 e. The predicted molar refractivity (Wildman–Crippen MR) is 76.1 cm³/mol. The summed E-state index contributed by atoms with van der Waals surface area (Å²) in [6.07, 6.45) is 0. The number of carbonyl (C=O) groups excluding carboxylic acids is 1. The number of ketones is 1. The van der Waals surface area contributed by atoms with Crippen LogP contribution in [0.3, 0.4) is 0 Å². The molecule has 0 aromatic heterocycles. The van der Waals surface area contributed by atoms with Crippen molar-refractivity contribution in [3.8, 4) is 11.5 Å². The Morgan fingerprint density at radius 2 is 1.50 bits per heavy atom. The number of carbonyl (C=O) groups is 1. The molecular weight excluding hydrogens is 316 g/mol. The van der Waals surface area contributed by atoms with Crippen LogP contribution in [0.4, 0.5) is 0 Å². The van der Waals surface area contributed by atoms with Crippen LogP contribution in [0.5, 0.6) is 11.5 Å². The van der Waals surface area contributed by atoms with E-state index >= 15 is 0 Å². The maximum absolute atomic E-state index is 11.4. The van der Waals surface area contributed by atoms with Crippen molar-refractivity contribution in [3.63, 3.8) is 0 Å². The zero-order valence-corrected chi connectivity index (χ0v) is 11.7. The summed E-state index contributed by atoms with van der Waals surface area (Å²) in [5, 5.41) is 0.991. The number of ether oxygens (including phenoxy) is 1. The van der Waals surface area contributed by atoms with Gasteiger partial charge in [-0.15, -0.1) is 0 Å². The standard InChI is InChI=1S/C14H10BrClO2/c15-9-14(17)10-1-5-12(6-2-10)18-13-7-3-11(16)4-8-13/h1-8H,9H2. The third-order valence-electron chi connectivity index (χ3n) is 2.35. The largest absolute Gasteiger partial charge is 0.457 e. The van der Waals surface area contributed by atoms with Crippen molar-refractivity contribution in [1.29, 1.82) is 0 Å². The lowest BCUT2D eigenvalue weighted by Crippen LogP contribution is -1.99. The average molecular weight is 326 g/mol. The normalized spacial score (nSPS) is 10.1. The molecule has 0 heterocycles. The topological polar surface area (TPSA) is 26.3 Å². The molecule has 92 valence electrons. The zero-order chi connectivity index (χ0) is 13.0. The number of benzene rings is 2. The molecule has 0 aliphatic heterocycles. The SMILES string of the molecule is O=C(CBr)c1ccc(Oc2ccc(Cl)cc2)cc1. The van der Waals surface area contributed by atoms with E-state index in [2.05, 4.69) is 15.9 Å². The van der Waals surface area contributed by atoms with Gasteiger partial charge in [0.05, 0.1) is 5.33 Å². The smallest absolute Gasteiger partial charge is 0.173 e. The average Bonchev–Trinajstić information content (AvgIpc) is 2.41. The number of halogens is 2. The second kappa shape index (κ2) is 6.03. The molecule has 2 rings (SSSR count). The molecule has 2 aromatic carbocycles. The van der Waals surface area contributed by atoms with E-state index in [0.29, 0.717) is 27.4 Å². The second-order valence-electron chi connectivity index (χ2n) is 3.64. The summed E-state index contributed by atoms with van der Waals surface area (Å²) in [5.74, 6) is 1.44. The van der Waals surface area contributed by atoms with E-state index in [-0.39, 0.29) is 5.78 Å². The molecule has 0 spiro atoms. The molecule has 2 aromatic rings. The van der Waals surface area contributed by atoms with Gasteiger partial charge in [-0.05, 0) is 48.5 Å². The van der Waals surface area contributed by atoms with Crippen molar-refractivity contribution in [1.82, 2.24) is 0 Å². The van der Waals surface area contributed by atoms with Gasteiger partial charge in [-0.25, -0.2) is 0 Å². The highest BCUT2D eigenvalue weighted by Crippen LogP contribution is 2.23. The highest BCUT2D eigenvalue weighted by molar-refractivity contribution is 9.09. The fourth-order valence-corrected chi connectivity index (χ4v) is 1.87. The highest BCUT2D eigenvalue weighted by Gasteiger charge is 2.04. The Balaban J connectivity index is 2.10. The predicted octanol–water partition coefficient (Wildman–Crippen LogP) is 4.71. The van der Waals surface area contributed by atoms with E-state index in [1.807, 2.05) is 0 Å². The quantitative estimate of drug-likeness (QED) is 0.601. The van der Waals surface area contributed by atoms with Gasteiger partial charge in [0, 0.05) is 10.6 Å². The van der Waals surface area contributed by atoms with E-state index < -0.39 is 0 Å². The fourth-order valence-electron chi connectivity index (χ4n) is 1.42. The highest BCUT2D eigenvalue weighted by atomic mass is 79.9. The molecule has 0 unspecified atom stereocenters. The third-order valence-corrected chi connectivity index (χ3v) is 3.11. The molecule has 0 N–H and O–H groups in total. The second-order valence-corrected chi connectivity index (χ2v) is 4.63. The van der Waals surface area contributed by atoms with E-state index in [0.717, 1.165) is 0 Å². The summed E-state index contributed by atoms with van der Waals surface area (Å²) in [7, 11) is 0. The van der Waals surface area contributed by atoms with Crippen molar-refractivity contribution in [2.45, 2.75) is 0 Å². The number of hydrogen-bond acceptors (Lipinski definition) is 2. The van der Waals surface area contributed by atoms with Gasteiger partial charge in [-0.1, -0.05) is 27.5 Å². The van der Waals surface area contributed by atoms with Gasteiger partial charge in [-0.3, -0.25) is 4.79 Å². The maximum atomic E-state index is 11.4. The van der Waals surface area contributed by atoms with Crippen LogP contribution in [0, 0.1) is 0 Å². The molecule has 0 bridgehead atoms. The Kier molecular flexibility index (Phi) is 4.39. The molecule has 0 amide bonds. The number of rotatable bonds is 4. The monoisotopic (exact) mass is 324 g/mol. The van der Waals surface area contributed by atoms with Gasteiger partial charge in [0.25, 0.3) is 0 Å². The van der Waals surface area contributed by atoms with Gasteiger partial charge >= 0.3 is 0 Å². The lowest BCUT2D eigenvalue weighted by molar-refractivity contribution is 0.102. The van der Waals surface area contributed by atoms with Crippen LogP contribution in [0.15, 0.2) is 48.5 Å². The van der Waals surface area contributed by atoms with Crippen molar-refractivity contribution in [2.24, 2.45) is 0 Å². The summed E-state index contributed by atoms with van der Waals surface area (Å²) in [5.41, 5.74) is 0.662. The Morgan fingerprint density at radius 3 is 2.00 bits per heavy atom. The van der Waals surface area contributed by atoms with E-state index in [9.17, 15) is 4.79 Å². The minimum absolute atomic E-state index is 0.0491. The Bertz CT molecular complexity index is 535. The molecule has 0 saturated heterocycles. The summed E-state index contributed by atoms with van der Waals surface area (Å²) in [6, 6.07) is 14.1. The molecule has 0 fully saturated rings. The molecule has 0 aliphatic rings. The Morgan fingerprint density at radius 1 is 1.00 bits per heavy atom. The Labute approximate surface area is 119 Å². The van der Waals surface area contributed by atoms with Crippen molar-refractivity contribution < 1.29 is 9.53 Å². The number of hydrogen-bond donors (Lipinski definition) is 0. The third kappa shape index (κ3) is 3.34. The van der Waals surface area contributed by atoms with Gasteiger partial charge in [0.2, 0.25) is 0 Å². The van der Waals surface area contributed by atoms with E-state index in [1.54, 1.807) is 48.5 Å². The first-order chi connectivity index (χ1) is 8.69.